The van der Waals surface area contributed by atoms with E-state index in [1.54, 1.807) is 30.3 Å². The fraction of sp³-hybridized carbons (Fsp3) is 0.0833. The lowest BCUT2D eigenvalue weighted by Gasteiger charge is -2.11. The highest BCUT2D eigenvalue weighted by atomic mass is 35.5. The first-order valence-electron chi connectivity index (χ1n) is 10.5. The van der Waals surface area contributed by atoms with Crippen LogP contribution in [0.25, 0.3) is 11.3 Å². The Bertz CT molecular complexity index is 1470. The Morgan fingerprint density at radius 2 is 1.81 bits per heavy atom. The van der Waals surface area contributed by atoms with Crippen LogP contribution in [-0.2, 0) is 12.8 Å². The smallest absolute Gasteiger partial charge is 0.417 e. The molecule has 4 aromatic rings. The summed E-state index contributed by atoms with van der Waals surface area (Å²) in [4.78, 5) is 31.8. The highest BCUT2D eigenvalue weighted by Crippen LogP contribution is 2.35. The van der Waals surface area contributed by atoms with Crippen LogP contribution < -0.4 is 15.8 Å². The molecule has 188 valence electrons. The van der Waals surface area contributed by atoms with Crippen molar-refractivity contribution in [2.75, 3.05) is 5.32 Å². The van der Waals surface area contributed by atoms with Gasteiger partial charge in [0.2, 0.25) is 5.95 Å². The van der Waals surface area contributed by atoms with Crippen LogP contribution in [0.1, 0.15) is 32.0 Å². The molecule has 2 heterocycles. The number of primary amides is 1. The van der Waals surface area contributed by atoms with Crippen LogP contribution in [0.5, 0.6) is 5.75 Å². The molecule has 0 aliphatic rings. The first-order chi connectivity index (χ1) is 17.6. The molecular formula is C24H16ClF3N6O3. The molecule has 2 aromatic heterocycles. The molecule has 0 aliphatic heterocycles. The number of pyridine rings is 1. The van der Waals surface area contributed by atoms with Crippen LogP contribution in [0, 0.1) is 0 Å². The molecule has 0 radical (unpaired) electrons. The Morgan fingerprint density at radius 3 is 2.51 bits per heavy atom. The van der Waals surface area contributed by atoms with Crippen LogP contribution in [0.2, 0.25) is 5.02 Å². The maximum absolute atomic E-state index is 13.1. The maximum atomic E-state index is 13.1. The minimum absolute atomic E-state index is 0.132. The first-order valence-corrected chi connectivity index (χ1v) is 10.8. The second kappa shape index (κ2) is 10.6. The molecule has 0 aliphatic carbocycles. The van der Waals surface area contributed by atoms with Gasteiger partial charge in [-0.15, -0.1) is 5.10 Å². The number of amides is 2. The number of carbonyl (C=O) groups excluding carboxylic acids is 2. The number of aromatic nitrogens is 4. The minimum atomic E-state index is -4.72. The lowest BCUT2D eigenvalue weighted by Crippen LogP contribution is -2.16. The zero-order chi connectivity index (χ0) is 26.6. The predicted molar refractivity (Wildman–Crippen MR) is 127 cm³/mol. The normalized spacial score (nSPS) is 11.1. The van der Waals surface area contributed by atoms with Crippen molar-refractivity contribution in [3.8, 4) is 17.0 Å². The van der Waals surface area contributed by atoms with E-state index < -0.39 is 28.6 Å². The number of nitrogens with zero attached hydrogens (tertiary/aromatic N) is 4. The van der Waals surface area contributed by atoms with E-state index in [4.69, 9.17) is 22.1 Å². The number of halogens is 4. The lowest BCUT2D eigenvalue weighted by molar-refractivity contribution is -0.137. The molecule has 2 aromatic carbocycles. The number of benzene rings is 2. The van der Waals surface area contributed by atoms with Crippen molar-refractivity contribution in [3.63, 3.8) is 0 Å². The van der Waals surface area contributed by atoms with E-state index in [9.17, 15) is 22.8 Å². The number of carbonyl (C=O) groups is 2. The fourth-order valence-electron chi connectivity index (χ4n) is 3.14. The number of rotatable bonds is 7. The number of nitrogens with two attached hydrogens (primary N) is 1. The molecule has 13 heteroatoms. The Labute approximate surface area is 212 Å². The summed E-state index contributed by atoms with van der Waals surface area (Å²) < 4.78 is 45.0. The second-order valence-electron chi connectivity index (χ2n) is 7.54. The van der Waals surface area contributed by atoms with E-state index in [1.807, 2.05) is 0 Å². The summed E-state index contributed by atoms with van der Waals surface area (Å²) in [5.41, 5.74) is 5.63. The van der Waals surface area contributed by atoms with Gasteiger partial charge >= 0.3 is 6.18 Å². The number of nitrogens with one attached hydrogen (secondary N) is 1. The largest absolute Gasteiger partial charge is 0.489 e. The van der Waals surface area contributed by atoms with Crippen LogP contribution in [0.4, 0.5) is 19.1 Å². The van der Waals surface area contributed by atoms with Gasteiger partial charge in [-0.3, -0.25) is 19.9 Å². The number of alkyl halides is 3. The third-order valence-corrected chi connectivity index (χ3v) is 5.28. The maximum Gasteiger partial charge on any atom is 0.417 e. The average Bonchev–Trinajstić information content (AvgIpc) is 2.87. The topological polar surface area (TPSA) is 133 Å². The van der Waals surface area contributed by atoms with Gasteiger partial charge in [0.05, 0.1) is 22.5 Å². The van der Waals surface area contributed by atoms with Crippen molar-refractivity contribution < 1.29 is 27.5 Å². The van der Waals surface area contributed by atoms with Gasteiger partial charge in [-0.05, 0) is 60.2 Å². The van der Waals surface area contributed by atoms with Gasteiger partial charge in [-0.2, -0.15) is 18.3 Å². The first kappa shape index (κ1) is 25.5. The van der Waals surface area contributed by atoms with Gasteiger partial charge < -0.3 is 10.5 Å². The van der Waals surface area contributed by atoms with Crippen LogP contribution in [0.15, 0.2) is 67.0 Å². The number of anilines is 1. The zero-order valence-corrected chi connectivity index (χ0v) is 19.4. The third-order valence-electron chi connectivity index (χ3n) is 4.95. The van der Waals surface area contributed by atoms with E-state index in [2.05, 4.69) is 25.5 Å². The van der Waals surface area contributed by atoms with E-state index in [0.717, 1.165) is 12.1 Å². The molecule has 9 nitrogen and oxygen atoms in total. The van der Waals surface area contributed by atoms with Crippen LogP contribution in [0.3, 0.4) is 0 Å². The molecule has 37 heavy (non-hydrogen) atoms. The molecular weight excluding hydrogens is 513 g/mol. The van der Waals surface area contributed by atoms with Crippen LogP contribution in [-0.4, -0.2) is 32.0 Å². The third kappa shape index (κ3) is 6.35. The molecule has 3 N–H and O–H groups in total. The predicted octanol–water partition coefficient (Wildman–Crippen LogP) is 4.54. The monoisotopic (exact) mass is 528 g/mol. The molecule has 0 bridgehead atoms. The van der Waals surface area contributed by atoms with Gasteiger partial charge in [0.1, 0.15) is 18.1 Å². The Kier molecular flexibility index (Phi) is 7.30. The molecule has 0 saturated carbocycles. The standard InChI is InChI=1S/C24H16ClF3N6O3/c25-18-6-3-15(10-17(18)24(26,27)28)22(36)33-23-32-20(11-31-34-23)14-1-4-16(5-2-14)37-12-13-7-8-30-19(9-13)21(29)35/h1-11H,12H2,(H2,29,35)(H,32,33,34,36). The van der Waals surface area contributed by atoms with Crippen molar-refractivity contribution in [1.82, 2.24) is 20.2 Å². The average molecular weight is 529 g/mol. The molecule has 2 amide bonds. The van der Waals surface area contributed by atoms with Crippen molar-refractivity contribution >= 4 is 29.4 Å². The lowest BCUT2D eigenvalue weighted by atomic mass is 10.1. The van der Waals surface area contributed by atoms with Crippen LogP contribution >= 0.6 is 11.6 Å². The van der Waals surface area contributed by atoms with Crippen molar-refractivity contribution in [1.29, 1.82) is 0 Å². The van der Waals surface area contributed by atoms with Gasteiger partial charge in [0.15, 0.2) is 0 Å². The molecule has 0 atom stereocenters. The summed E-state index contributed by atoms with van der Waals surface area (Å²) in [6.45, 7) is 0.175. The van der Waals surface area contributed by atoms with Gasteiger partial charge in [-0.25, -0.2) is 4.98 Å². The molecule has 0 spiro atoms. The van der Waals surface area contributed by atoms with Gasteiger partial charge in [0, 0.05) is 17.3 Å². The molecule has 4 rings (SSSR count). The Hall–Kier alpha value is -4.58. The molecule has 0 saturated heterocycles. The second-order valence-corrected chi connectivity index (χ2v) is 7.95. The Balaban J connectivity index is 1.44. The number of ether oxygens (including phenoxy) is 1. The van der Waals surface area contributed by atoms with Crippen molar-refractivity contribution in [2.24, 2.45) is 5.73 Å². The summed E-state index contributed by atoms with van der Waals surface area (Å²) in [6, 6.07) is 12.8. The molecule has 0 unspecified atom stereocenters. The highest BCUT2D eigenvalue weighted by Gasteiger charge is 2.33. The van der Waals surface area contributed by atoms with Crippen molar-refractivity contribution in [2.45, 2.75) is 12.8 Å². The van der Waals surface area contributed by atoms with E-state index in [-0.39, 0.29) is 23.8 Å². The van der Waals surface area contributed by atoms with Gasteiger partial charge in [-0.1, -0.05) is 11.6 Å². The fourth-order valence-corrected chi connectivity index (χ4v) is 3.37. The zero-order valence-electron chi connectivity index (χ0n) is 18.7. The SMILES string of the molecule is NC(=O)c1cc(COc2ccc(-c3cnnc(NC(=O)c4ccc(Cl)c(C(F)(F)F)c4)n3)cc2)ccn1. The van der Waals surface area contributed by atoms with E-state index in [0.29, 0.717) is 28.6 Å². The minimum Gasteiger partial charge on any atom is -0.489 e. The summed E-state index contributed by atoms with van der Waals surface area (Å²) in [6.07, 6.45) is -1.90. The van der Waals surface area contributed by atoms with Gasteiger partial charge in [0.25, 0.3) is 11.8 Å². The molecule has 0 fully saturated rings. The number of hydrogen-bond acceptors (Lipinski definition) is 7. The summed E-state index contributed by atoms with van der Waals surface area (Å²) in [5.74, 6) is -1.17. The quantitative estimate of drug-likeness (QED) is 0.360. The van der Waals surface area contributed by atoms with E-state index in [1.165, 1.54) is 18.5 Å². The highest BCUT2D eigenvalue weighted by molar-refractivity contribution is 6.31. The summed E-state index contributed by atoms with van der Waals surface area (Å²) in [5, 5.41) is 9.32. The summed E-state index contributed by atoms with van der Waals surface area (Å²) >= 11 is 5.60. The summed E-state index contributed by atoms with van der Waals surface area (Å²) in [7, 11) is 0. The van der Waals surface area contributed by atoms with E-state index >= 15 is 0 Å². The van der Waals surface area contributed by atoms with Crippen molar-refractivity contribution in [3.05, 3.63) is 94.4 Å². The number of hydrogen-bond donors (Lipinski definition) is 2. The Morgan fingerprint density at radius 1 is 1.05 bits per heavy atom.